The Labute approximate surface area is 158 Å². The van der Waals surface area contributed by atoms with E-state index in [0.717, 1.165) is 22.6 Å². The highest BCUT2D eigenvalue weighted by atomic mass is 16.5. The molecule has 0 saturated heterocycles. The van der Waals surface area contributed by atoms with Crippen molar-refractivity contribution in [1.29, 1.82) is 0 Å². The van der Waals surface area contributed by atoms with Crippen LogP contribution in [0.1, 0.15) is 34.2 Å². The number of carbonyl (C=O) groups is 1. The summed E-state index contributed by atoms with van der Waals surface area (Å²) < 4.78 is 7.14. The lowest BCUT2D eigenvalue weighted by Crippen LogP contribution is -2.05. The fourth-order valence-electron chi connectivity index (χ4n) is 2.99. The number of carbonyl (C=O) groups excluding carboxylic acids is 1. The fourth-order valence-corrected chi connectivity index (χ4v) is 2.99. The molecule has 0 saturated carbocycles. The molecule has 0 aliphatic rings. The normalized spacial score (nSPS) is 11.1. The smallest absolute Gasteiger partial charge is 0.338 e. The summed E-state index contributed by atoms with van der Waals surface area (Å²) in [6.45, 7) is 6.20. The average Bonchev–Trinajstić information content (AvgIpc) is 2.94. The molecule has 1 aromatic heterocycles. The Kier molecular flexibility index (Phi) is 5.41. The van der Waals surface area contributed by atoms with Gasteiger partial charge in [0.05, 0.1) is 17.9 Å². The molecule has 0 fully saturated rings. The molecule has 5 nitrogen and oxygen atoms in total. The van der Waals surface area contributed by atoms with Crippen LogP contribution in [0.5, 0.6) is 5.75 Å². The highest BCUT2D eigenvalue weighted by Gasteiger charge is 2.11. The number of aliphatic imine (C=N–C) groups is 1. The van der Waals surface area contributed by atoms with Gasteiger partial charge in [-0.15, -0.1) is 0 Å². The van der Waals surface area contributed by atoms with Crippen LogP contribution in [0.2, 0.25) is 0 Å². The van der Waals surface area contributed by atoms with Crippen LogP contribution in [0.3, 0.4) is 0 Å². The first-order valence-electron chi connectivity index (χ1n) is 8.79. The van der Waals surface area contributed by atoms with Gasteiger partial charge in [0.25, 0.3) is 0 Å². The van der Waals surface area contributed by atoms with E-state index < -0.39 is 0 Å². The third-order valence-electron chi connectivity index (χ3n) is 4.29. The third-order valence-corrected chi connectivity index (χ3v) is 4.29. The van der Waals surface area contributed by atoms with Crippen LogP contribution in [-0.4, -0.2) is 28.5 Å². The number of hydrogen-bond donors (Lipinski definition) is 1. The number of esters is 1. The van der Waals surface area contributed by atoms with Crippen LogP contribution in [0.4, 0.5) is 5.69 Å². The van der Waals surface area contributed by atoms with Crippen molar-refractivity contribution in [3.63, 3.8) is 0 Å². The van der Waals surface area contributed by atoms with Crippen LogP contribution in [0, 0.1) is 13.8 Å². The molecule has 138 valence electrons. The highest BCUT2D eigenvalue weighted by molar-refractivity contribution is 5.89. The van der Waals surface area contributed by atoms with E-state index in [2.05, 4.69) is 15.6 Å². The van der Waals surface area contributed by atoms with E-state index >= 15 is 0 Å². The second-order valence-electron chi connectivity index (χ2n) is 6.21. The monoisotopic (exact) mass is 362 g/mol. The summed E-state index contributed by atoms with van der Waals surface area (Å²) in [7, 11) is 0. The zero-order valence-electron chi connectivity index (χ0n) is 15.6. The van der Waals surface area contributed by atoms with Crippen LogP contribution in [0.25, 0.3) is 5.69 Å². The molecule has 1 N–H and O–H groups in total. The predicted molar refractivity (Wildman–Crippen MR) is 107 cm³/mol. The van der Waals surface area contributed by atoms with Gasteiger partial charge in [-0.25, -0.2) is 4.79 Å². The lowest BCUT2D eigenvalue weighted by Gasteiger charge is -2.10. The molecule has 0 bridgehead atoms. The third kappa shape index (κ3) is 4.08. The minimum absolute atomic E-state index is 0.191. The van der Waals surface area contributed by atoms with Crippen molar-refractivity contribution < 1.29 is 14.6 Å². The van der Waals surface area contributed by atoms with E-state index in [1.165, 1.54) is 0 Å². The van der Waals surface area contributed by atoms with Gasteiger partial charge in [-0.3, -0.25) is 4.99 Å². The van der Waals surface area contributed by atoms with Gasteiger partial charge in [-0.2, -0.15) is 0 Å². The summed E-state index contributed by atoms with van der Waals surface area (Å²) >= 11 is 0. The number of nitrogens with zero attached hydrogens (tertiary/aromatic N) is 2. The molecule has 0 aliphatic heterocycles. The molecule has 0 amide bonds. The predicted octanol–water partition coefficient (Wildman–Crippen LogP) is 4.73. The number of hydrogen-bond acceptors (Lipinski definition) is 4. The Hall–Kier alpha value is -3.34. The minimum Gasteiger partial charge on any atom is -0.508 e. The first-order valence-corrected chi connectivity index (χ1v) is 8.79. The van der Waals surface area contributed by atoms with E-state index in [1.807, 2.05) is 32.0 Å². The molecule has 0 unspecified atom stereocenters. The fraction of sp³-hybridized carbons (Fsp3) is 0.182. The second kappa shape index (κ2) is 7.91. The van der Waals surface area contributed by atoms with Gasteiger partial charge in [0.2, 0.25) is 0 Å². The zero-order valence-corrected chi connectivity index (χ0v) is 15.6. The maximum atomic E-state index is 11.8. The molecular weight excluding hydrogens is 340 g/mol. The van der Waals surface area contributed by atoms with Crippen molar-refractivity contribution in [1.82, 2.24) is 4.57 Å². The Bertz CT molecular complexity index is 985. The van der Waals surface area contributed by atoms with E-state index in [1.54, 1.807) is 43.5 Å². The van der Waals surface area contributed by atoms with Crippen molar-refractivity contribution in [2.24, 2.45) is 4.99 Å². The largest absolute Gasteiger partial charge is 0.508 e. The summed E-state index contributed by atoms with van der Waals surface area (Å²) in [5.41, 5.74) is 5.29. The van der Waals surface area contributed by atoms with Gasteiger partial charge in [0.1, 0.15) is 5.75 Å². The van der Waals surface area contributed by atoms with Crippen molar-refractivity contribution in [3.8, 4) is 11.4 Å². The maximum Gasteiger partial charge on any atom is 0.338 e. The Balaban J connectivity index is 1.88. The molecule has 0 radical (unpaired) electrons. The Morgan fingerprint density at radius 3 is 2.56 bits per heavy atom. The van der Waals surface area contributed by atoms with Gasteiger partial charge in [-0.05, 0) is 63.2 Å². The molecule has 0 aliphatic carbocycles. The van der Waals surface area contributed by atoms with Gasteiger partial charge in [0.15, 0.2) is 0 Å². The summed E-state index contributed by atoms with van der Waals surface area (Å²) in [5, 5.41) is 9.55. The van der Waals surface area contributed by atoms with Crippen molar-refractivity contribution in [3.05, 3.63) is 77.1 Å². The van der Waals surface area contributed by atoms with E-state index in [9.17, 15) is 9.90 Å². The standard InChI is InChI=1S/C22H22N2O3/c1-4-27-22(26)17-8-10-20(11-9-17)24-15(2)12-18(16(24)3)14-23-19-6-5-7-21(25)13-19/h5-14,25H,4H2,1-3H3. The number of phenolic OH excluding ortho intramolecular Hbond substituents is 1. The molecule has 3 rings (SSSR count). The minimum atomic E-state index is -0.316. The maximum absolute atomic E-state index is 11.8. The highest BCUT2D eigenvalue weighted by Crippen LogP contribution is 2.22. The summed E-state index contributed by atoms with van der Waals surface area (Å²) in [4.78, 5) is 16.3. The summed E-state index contributed by atoms with van der Waals surface area (Å²) in [5.74, 6) is -0.124. The Morgan fingerprint density at radius 2 is 1.89 bits per heavy atom. The number of aryl methyl sites for hydroxylation is 1. The molecule has 5 heteroatoms. The molecule has 1 heterocycles. The van der Waals surface area contributed by atoms with Gasteiger partial charge in [0, 0.05) is 34.9 Å². The average molecular weight is 362 g/mol. The molecule has 0 spiro atoms. The number of benzene rings is 2. The quantitative estimate of drug-likeness (QED) is 0.527. The first-order chi connectivity index (χ1) is 13.0. The van der Waals surface area contributed by atoms with Crippen LogP contribution in [0.15, 0.2) is 59.6 Å². The molecule has 0 atom stereocenters. The topological polar surface area (TPSA) is 63.8 Å². The summed E-state index contributed by atoms with van der Waals surface area (Å²) in [6, 6.07) is 16.2. The van der Waals surface area contributed by atoms with Crippen molar-refractivity contribution in [2.75, 3.05) is 6.61 Å². The Morgan fingerprint density at radius 1 is 1.15 bits per heavy atom. The van der Waals surface area contributed by atoms with Crippen molar-refractivity contribution in [2.45, 2.75) is 20.8 Å². The van der Waals surface area contributed by atoms with Crippen LogP contribution < -0.4 is 0 Å². The number of aromatic nitrogens is 1. The first kappa shape index (κ1) is 18.5. The van der Waals surface area contributed by atoms with Gasteiger partial charge in [-0.1, -0.05) is 6.07 Å². The van der Waals surface area contributed by atoms with Crippen molar-refractivity contribution >= 4 is 17.9 Å². The summed E-state index contributed by atoms with van der Waals surface area (Å²) in [6.07, 6.45) is 1.79. The zero-order chi connectivity index (χ0) is 19.4. The van der Waals surface area contributed by atoms with E-state index in [0.29, 0.717) is 17.9 Å². The number of ether oxygens (including phenoxy) is 1. The van der Waals surface area contributed by atoms with Gasteiger partial charge < -0.3 is 14.4 Å². The molecule has 27 heavy (non-hydrogen) atoms. The van der Waals surface area contributed by atoms with E-state index in [-0.39, 0.29) is 11.7 Å². The molecule has 3 aromatic rings. The number of phenols is 1. The molecule has 2 aromatic carbocycles. The van der Waals surface area contributed by atoms with E-state index in [4.69, 9.17) is 4.74 Å². The van der Waals surface area contributed by atoms with Gasteiger partial charge >= 0.3 is 5.97 Å². The lowest BCUT2D eigenvalue weighted by molar-refractivity contribution is 0.0526. The molecular formula is C22H22N2O3. The van der Waals surface area contributed by atoms with Crippen LogP contribution in [-0.2, 0) is 4.74 Å². The second-order valence-corrected chi connectivity index (χ2v) is 6.21. The van der Waals surface area contributed by atoms with Crippen LogP contribution >= 0.6 is 0 Å². The number of rotatable bonds is 5. The lowest BCUT2D eigenvalue weighted by atomic mass is 10.2. The SMILES string of the molecule is CCOC(=O)c1ccc(-n2c(C)cc(C=Nc3cccc(O)c3)c2C)cc1. The number of aromatic hydroxyl groups is 1.